The van der Waals surface area contributed by atoms with Crippen molar-refractivity contribution in [2.75, 3.05) is 7.05 Å². The van der Waals surface area contributed by atoms with E-state index in [1.54, 1.807) is 31.3 Å². The van der Waals surface area contributed by atoms with Crippen LogP contribution in [0.1, 0.15) is 11.1 Å². The van der Waals surface area contributed by atoms with Crippen molar-refractivity contribution in [3.63, 3.8) is 0 Å². The summed E-state index contributed by atoms with van der Waals surface area (Å²) in [5.74, 6) is 0. The van der Waals surface area contributed by atoms with Crippen LogP contribution in [0.15, 0.2) is 56.7 Å². The van der Waals surface area contributed by atoms with Crippen LogP contribution >= 0.6 is 27.7 Å². The maximum absolute atomic E-state index is 13.2. The molecule has 0 heterocycles. The van der Waals surface area contributed by atoms with Crippen LogP contribution in [0.25, 0.3) is 0 Å². The van der Waals surface area contributed by atoms with Gasteiger partial charge in [-0.3, -0.25) is 0 Å². The Morgan fingerprint density at radius 2 is 1.90 bits per heavy atom. The van der Waals surface area contributed by atoms with E-state index in [1.807, 2.05) is 6.07 Å². The summed E-state index contributed by atoms with van der Waals surface area (Å²) < 4.78 is 40.5. The Balaban J connectivity index is 2.38. The van der Waals surface area contributed by atoms with E-state index in [0.717, 1.165) is 21.1 Å². The van der Waals surface area contributed by atoms with Gasteiger partial charge in [-0.15, -0.1) is 0 Å². The van der Waals surface area contributed by atoms with E-state index in [1.165, 1.54) is 12.1 Å². The lowest BCUT2D eigenvalue weighted by atomic mass is 10.1. The molecular weight excluding hydrogens is 363 g/mol. The molecule has 2 aromatic rings. The second-order valence-corrected chi connectivity index (χ2v) is 6.45. The predicted molar refractivity (Wildman–Crippen MR) is 82.5 cm³/mol. The third-order valence-electron chi connectivity index (χ3n) is 2.75. The highest BCUT2D eigenvalue weighted by molar-refractivity contribution is 9.10. The molecule has 6 heteroatoms. The molecule has 0 spiro atoms. The normalized spacial score (nSPS) is 11.7. The minimum atomic E-state index is -4.36. The SMILES string of the molecule is CNCc1ccc(Sc2cccc(Br)c2)c(C(F)(F)F)c1. The quantitative estimate of drug-likeness (QED) is 0.773. The first-order chi connectivity index (χ1) is 9.90. The first-order valence-corrected chi connectivity index (χ1v) is 7.79. The minimum absolute atomic E-state index is 0.209. The molecule has 0 saturated carbocycles. The fraction of sp³-hybridized carbons (Fsp3) is 0.200. The molecule has 2 rings (SSSR count). The Bertz CT molecular complexity index is 629. The molecule has 2 aromatic carbocycles. The van der Waals surface area contributed by atoms with Crippen LogP contribution in [0.4, 0.5) is 13.2 Å². The maximum Gasteiger partial charge on any atom is 0.417 e. The van der Waals surface area contributed by atoms with Gasteiger partial charge in [-0.05, 0) is 42.9 Å². The molecule has 0 atom stereocenters. The second-order valence-electron chi connectivity index (χ2n) is 4.42. The standard InChI is InChI=1S/C15H13BrF3NS/c1-20-9-10-5-6-14(13(7-10)15(17,18)19)21-12-4-2-3-11(16)8-12/h2-8,20H,9H2,1H3. The number of hydrogen-bond acceptors (Lipinski definition) is 2. The van der Waals surface area contributed by atoms with Crippen LogP contribution in [0.3, 0.4) is 0 Å². The zero-order chi connectivity index (χ0) is 15.5. The van der Waals surface area contributed by atoms with Crippen LogP contribution in [-0.4, -0.2) is 7.05 Å². The average Bonchev–Trinajstić information content (AvgIpc) is 2.39. The summed E-state index contributed by atoms with van der Waals surface area (Å²) in [6.07, 6.45) is -4.36. The zero-order valence-electron chi connectivity index (χ0n) is 11.2. The summed E-state index contributed by atoms with van der Waals surface area (Å²) >= 11 is 4.43. The molecule has 0 aliphatic heterocycles. The first-order valence-electron chi connectivity index (χ1n) is 6.18. The molecule has 0 bridgehead atoms. The maximum atomic E-state index is 13.2. The molecule has 0 radical (unpaired) electrons. The Hall–Kier alpha value is -0.980. The van der Waals surface area contributed by atoms with E-state index in [9.17, 15) is 13.2 Å². The molecule has 0 aliphatic carbocycles. The van der Waals surface area contributed by atoms with Gasteiger partial charge in [0.05, 0.1) is 5.56 Å². The molecular formula is C15H13BrF3NS. The average molecular weight is 376 g/mol. The van der Waals surface area contributed by atoms with E-state index in [0.29, 0.717) is 12.1 Å². The molecule has 112 valence electrons. The Morgan fingerprint density at radius 3 is 2.52 bits per heavy atom. The lowest BCUT2D eigenvalue weighted by Crippen LogP contribution is -2.10. The van der Waals surface area contributed by atoms with Gasteiger partial charge in [0.2, 0.25) is 0 Å². The van der Waals surface area contributed by atoms with Crippen molar-refractivity contribution in [3.8, 4) is 0 Å². The molecule has 0 aromatic heterocycles. The fourth-order valence-corrected chi connectivity index (χ4v) is 3.42. The van der Waals surface area contributed by atoms with Crippen LogP contribution in [0.2, 0.25) is 0 Å². The Kier molecular flexibility index (Phi) is 5.35. The van der Waals surface area contributed by atoms with Gasteiger partial charge in [0, 0.05) is 20.8 Å². The smallest absolute Gasteiger partial charge is 0.316 e. The largest absolute Gasteiger partial charge is 0.417 e. The van der Waals surface area contributed by atoms with Gasteiger partial charge < -0.3 is 5.32 Å². The van der Waals surface area contributed by atoms with Crippen molar-refractivity contribution in [2.45, 2.75) is 22.5 Å². The van der Waals surface area contributed by atoms with Crippen molar-refractivity contribution in [3.05, 3.63) is 58.1 Å². The van der Waals surface area contributed by atoms with Gasteiger partial charge in [-0.2, -0.15) is 13.2 Å². The van der Waals surface area contributed by atoms with E-state index in [4.69, 9.17) is 0 Å². The van der Waals surface area contributed by atoms with E-state index < -0.39 is 11.7 Å². The molecule has 0 fully saturated rings. The summed E-state index contributed by atoms with van der Waals surface area (Å²) in [5, 5.41) is 2.86. The highest BCUT2D eigenvalue weighted by Gasteiger charge is 2.33. The lowest BCUT2D eigenvalue weighted by Gasteiger charge is -2.14. The molecule has 0 unspecified atom stereocenters. The van der Waals surface area contributed by atoms with Crippen LogP contribution in [-0.2, 0) is 12.7 Å². The molecule has 21 heavy (non-hydrogen) atoms. The van der Waals surface area contributed by atoms with E-state index >= 15 is 0 Å². The zero-order valence-corrected chi connectivity index (χ0v) is 13.6. The topological polar surface area (TPSA) is 12.0 Å². The number of rotatable bonds is 4. The Labute approximate surface area is 134 Å². The van der Waals surface area contributed by atoms with E-state index in [2.05, 4.69) is 21.2 Å². The Morgan fingerprint density at radius 1 is 1.14 bits per heavy atom. The highest BCUT2D eigenvalue weighted by atomic mass is 79.9. The predicted octanol–water partition coefficient (Wildman–Crippen LogP) is 5.34. The van der Waals surface area contributed by atoms with Gasteiger partial charge in [0.25, 0.3) is 0 Å². The number of hydrogen-bond donors (Lipinski definition) is 1. The number of benzene rings is 2. The summed E-state index contributed by atoms with van der Waals surface area (Å²) in [6.45, 7) is 0.408. The van der Waals surface area contributed by atoms with Crippen molar-refractivity contribution < 1.29 is 13.2 Å². The fourth-order valence-electron chi connectivity index (χ4n) is 1.86. The third-order valence-corrected chi connectivity index (χ3v) is 4.31. The molecule has 1 nitrogen and oxygen atoms in total. The van der Waals surface area contributed by atoms with Crippen molar-refractivity contribution in [2.24, 2.45) is 0 Å². The highest BCUT2D eigenvalue weighted by Crippen LogP contribution is 2.40. The monoisotopic (exact) mass is 375 g/mol. The van der Waals surface area contributed by atoms with Crippen molar-refractivity contribution in [1.82, 2.24) is 5.32 Å². The van der Waals surface area contributed by atoms with Gasteiger partial charge >= 0.3 is 6.18 Å². The van der Waals surface area contributed by atoms with E-state index in [-0.39, 0.29) is 4.90 Å². The number of halogens is 4. The van der Waals surface area contributed by atoms with Gasteiger partial charge in [-0.1, -0.05) is 39.8 Å². The second kappa shape index (κ2) is 6.85. The molecule has 1 N–H and O–H groups in total. The van der Waals surface area contributed by atoms with Crippen LogP contribution < -0.4 is 5.32 Å². The van der Waals surface area contributed by atoms with Crippen LogP contribution in [0, 0.1) is 0 Å². The van der Waals surface area contributed by atoms with Crippen molar-refractivity contribution in [1.29, 1.82) is 0 Å². The molecule has 0 amide bonds. The van der Waals surface area contributed by atoms with Crippen LogP contribution in [0.5, 0.6) is 0 Å². The lowest BCUT2D eigenvalue weighted by molar-refractivity contribution is -0.139. The van der Waals surface area contributed by atoms with Gasteiger partial charge in [-0.25, -0.2) is 0 Å². The van der Waals surface area contributed by atoms with Gasteiger partial charge in [0.1, 0.15) is 0 Å². The minimum Gasteiger partial charge on any atom is -0.316 e. The third kappa shape index (κ3) is 4.49. The van der Waals surface area contributed by atoms with Crippen molar-refractivity contribution >= 4 is 27.7 Å². The summed E-state index contributed by atoms with van der Waals surface area (Å²) in [6, 6.07) is 11.7. The van der Waals surface area contributed by atoms with Gasteiger partial charge in [0.15, 0.2) is 0 Å². The molecule has 0 aliphatic rings. The first kappa shape index (κ1) is 16.4. The summed E-state index contributed by atoms with van der Waals surface area (Å²) in [4.78, 5) is 0.969. The summed E-state index contributed by atoms with van der Waals surface area (Å²) in [5.41, 5.74) is 0.0173. The summed E-state index contributed by atoms with van der Waals surface area (Å²) in [7, 11) is 1.71. The number of alkyl halides is 3. The number of nitrogens with one attached hydrogen (secondary N) is 1. The molecule has 0 saturated heterocycles.